The number of amidine groups is 1. The molecule has 0 radical (unpaired) electrons. The van der Waals surface area contributed by atoms with Crippen molar-refractivity contribution in [2.45, 2.75) is 32.7 Å². The molecule has 0 aliphatic rings. The standard InChI is InChI=1S/C13H22N4O/c1-2-17(10-4-3-5-13(14)16-18)11-12-6-8-15-9-7-12/h6-9,18H,2-5,10-11H2,1H3,(H2,14,16). The van der Waals surface area contributed by atoms with Gasteiger partial charge in [0.2, 0.25) is 0 Å². The van der Waals surface area contributed by atoms with E-state index >= 15 is 0 Å². The predicted molar refractivity (Wildman–Crippen MR) is 72.4 cm³/mol. The molecular formula is C13H22N4O. The molecule has 5 nitrogen and oxygen atoms in total. The lowest BCUT2D eigenvalue weighted by Gasteiger charge is -2.20. The van der Waals surface area contributed by atoms with E-state index in [-0.39, 0.29) is 0 Å². The lowest BCUT2D eigenvalue weighted by atomic mass is 10.2. The summed E-state index contributed by atoms with van der Waals surface area (Å²) in [4.78, 5) is 6.39. The zero-order valence-corrected chi connectivity index (χ0v) is 10.9. The summed E-state index contributed by atoms with van der Waals surface area (Å²) in [5, 5.41) is 11.4. The largest absolute Gasteiger partial charge is 0.409 e. The molecule has 0 saturated heterocycles. The molecule has 0 unspecified atom stereocenters. The highest BCUT2D eigenvalue weighted by atomic mass is 16.4. The molecule has 1 aromatic heterocycles. The van der Waals surface area contributed by atoms with E-state index in [2.05, 4.69) is 22.0 Å². The highest BCUT2D eigenvalue weighted by Gasteiger charge is 2.03. The van der Waals surface area contributed by atoms with Crippen LogP contribution in [0.15, 0.2) is 29.7 Å². The SMILES string of the molecule is CCN(CCCCC(N)=NO)Cc1ccncc1. The van der Waals surface area contributed by atoms with E-state index in [9.17, 15) is 0 Å². The first-order valence-corrected chi connectivity index (χ1v) is 6.34. The van der Waals surface area contributed by atoms with Crippen molar-refractivity contribution in [3.63, 3.8) is 0 Å². The summed E-state index contributed by atoms with van der Waals surface area (Å²) >= 11 is 0. The van der Waals surface area contributed by atoms with E-state index < -0.39 is 0 Å². The van der Waals surface area contributed by atoms with Gasteiger partial charge in [0.1, 0.15) is 5.84 Å². The Hall–Kier alpha value is -1.62. The number of hydrogen-bond donors (Lipinski definition) is 2. The van der Waals surface area contributed by atoms with Crippen LogP contribution < -0.4 is 5.73 Å². The Kier molecular flexibility index (Phi) is 6.79. The molecule has 1 heterocycles. The molecule has 0 fully saturated rings. The topological polar surface area (TPSA) is 74.7 Å². The minimum atomic E-state index is 0.312. The maximum absolute atomic E-state index is 8.43. The zero-order valence-electron chi connectivity index (χ0n) is 10.9. The first-order valence-electron chi connectivity index (χ1n) is 6.34. The molecule has 100 valence electrons. The van der Waals surface area contributed by atoms with Crippen molar-refractivity contribution in [3.8, 4) is 0 Å². The Morgan fingerprint density at radius 2 is 2.11 bits per heavy atom. The van der Waals surface area contributed by atoms with Crippen molar-refractivity contribution in [3.05, 3.63) is 30.1 Å². The molecule has 0 saturated carbocycles. The van der Waals surface area contributed by atoms with Gasteiger partial charge in [-0.2, -0.15) is 0 Å². The molecule has 3 N–H and O–H groups in total. The van der Waals surface area contributed by atoms with Crippen molar-refractivity contribution in [2.24, 2.45) is 10.9 Å². The van der Waals surface area contributed by atoms with Crippen LogP contribution in [0.25, 0.3) is 0 Å². The molecule has 0 bridgehead atoms. The van der Waals surface area contributed by atoms with Crippen LogP contribution in [0.5, 0.6) is 0 Å². The van der Waals surface area contributed by atoms with E-state index in [1.54, 1.807) is 0 Å². The Morgan fingerprint density at radius 1 is 1.39 bits per heavy atom. The van der Waals surface area contributed by atoms with Gasteiger partial charge in [0.05, 0.1) is 0 Å². The third-order valence-electron chi connectivity index (χ3n) is 2.89. The van der Waals surface area contributed by atoms with Gasteiger partial charge in [0.15, 0.2) is 0 Å². The van der Waals surface area contributed by atoms with Gasteiger partial charge < -0.3 is 10.9 Å². The molecule has 0 aromatic carbocycles. The van der Waals surface area contributed by atoms with Gasteiger partial charge in [-0.05, 0) is 43.6 Å². The average Bonchev–Trinajstić information content (AvgIpc) is 2.43. The number of oxime groups is 1. The average molecular weight is 250 g/mol. The molecule has 0 aliphatic carbocycles. The summed E-state index contributed by atoms with van der Waals surface area (Å²) < 4.78 is 0. The summed E-state index contributed by atoms with van der Waals surface area (Å²) in [5.41, 5.74) is 6.71. The van der Waals surface area contributed by atoms with Gasteiger partial charge in [0.25, 0.3) is 0 Å². The first-order chi connectivity index (χ1) is 8.76. The highest BCUT2D eigenvalue weighted by molar-refractivity contribution is 5.79. The number of unbranched alkanes of at least 4 members (excludes halogenated alkanes) is 1. The van der Waals surface area contributed by atoms with Gasteiger partial charge >= 0.3 is 0 Å². The summed E-state index contributed by atoms with van der Waals surface area (Å²) in [6.45, 7) is 5.15. The summed E-state index contributed by atoms with van der Waals surface area (Å²) in [6.07, 6.45) is 6.30. The predicted octanol–water partition coefficient (Wildman–Crippen LogP) is 1.82. The Labute approximate surface area is 108 Å². The van der Waals surface area contributed by atoms with Crippen molar-refractivity contribution in [1.29, 1.82) is 0 Å². The minimum absolute atomic E-state index is 0.312. The van der Waals surface area contributed by atoms with Gasteiger partial charge in [-0.15, -0.1) is 0 Å². The van der Waals surface area contributed by atoms with Crippen LogP contribution in [0.1, 0.15) is 31.7 Å². The number of pyridine rings is 1. The number of rotatable bonds is 8. The molecule has 5 heteroatoms. The number of nitrogens with two attached hydrogens (primary N) is 1. The second-order valence-corrected chi connectivity index (χ2v) is 4.27. The van der Waals surface area contributed by atoms with E-state index in [1.807, 2.05) is 24.5 Å². The van der Waals surface area contributed by atoms with Gasteiger partial charge in [-0.25, -0.2) is 0 Å². The summed E-state index contributed by atoms with van der Waals surface area (Å²) in [7, 11) is 0. The zero-order chi connectivity index (χ0) is 13.2. The first kappa shape index (κ1) is 14.4. The minimum Gasteiger partial charge on any atom is -0.409 e. The second kappa shape index (κ2) is 8.47. The van der Waals surface area contributed by atoms with Crippen molar-refractivity contribution in [2.75, 3.05) is 13.1 Å². The highest BCUT2D eigenvalue weighted by Crippen LogP contribution is 2.05. The van der Waals surface area contributed by atoms with E-state index in [4.69, 9.17) is 10.9 Å². The van der Waals surface area contributed by atoms with E-state index in [0.717, 1.165) is 32.5 Å². The maximum Gasteiger partial charge on any atom is 0.139 e. The van der Waals surface area contributed by atoms with E-state index in [1.165, 1.54) is 5.56 Å². The van der Waals surface area contributed by atoms with Crippen LogP contribution >= 0.6 is 0 Å². The van der Waals surface area contributed by atoms with Crippen LogP contribution in [-0.2, 0) is 6.54 Å². The van der Waals surface area contributed by atoms with Crippen LogP contribution in [0.2, 0.25) is 0 Å². The normalized spacial score (nSPS) is 12.0. The monoisotopic (exact) mass is 250 g/mol. The molecular weight excluding hydrogens is 228 g/mol. The molecule has 0 atom stereocenters. The molecule has 0 spiro atoms. The third kappa shape index (κ3) is 5.63. The lowest BCUT2D eigenvalue weighted by Crippen LogP contribution is -2.24. The Balaban J connectivity index is 2.26. The molecule has 1 aromatic rings. The van der Waals surface area contributed by atoms with Gasteiger partial charge in [-0.3, -0.25) is 9.88 Å². The lowest BCUT2D eigenvalue weighted by molar-refractivity contribution is 0.274. The van der Waals surface area contributed by atoms with Crippen LogP contribution in [-0.4, -0.2) is 34.0 Å². The van der Waals surface area contributed by atoms with Crippen molar-refractivity contribution >= 4 is 5.84 Å². The maximum atomic E-state index is 8.43. The molecule has 0 amide bonds. The Morgan fingerprint density at radius 3 is 2.72 bits per heavy atom. The molecule has 0 aliphatic heterocycles. The van der Waals surface area contributed by atoms with Crippen molar-refractivity contribution in [1.82, 2.24) is 9.88 Å². The molecule has 1 rings (SSSR count). The smallest absolute Gasteiger partial charge is 0.139 e. The van der Waals surface area contributed by atoms with Crippen LogP contribution in [0, 0.1) is 0 Å². The quantitative estimate of drug-likeness (QED) is 0.243. The number of nitrogens with zero attached hydrogens (tertiary/aromatic N) is 3. The number of hydrogen-bond acceptors (Lipinski definition) is 4. The summed E-state index contributed by atoms with van der Waals surface area (Å²) in [5.74, 6) is 0.312. The van der Waals surface area contributed by atoms with E-state index in [0.29, 0.717) is 12.3 Å². The molecule has 18 heavy (non-hydrogen) atoms. The van der Waals surface area contributed by atoms with Gasteiger partial charge in [0, 0.05) is 25.4 Å². The second-order valence-electron chi connectivity index (χ2n) is 4.27. The fraction of sp³-hybridized carbons (Fsp3) is 0.538. The van der Waals surface area contributed by atoms with Crippen LogP contribution in [0.3, 0.4) is 0 Å². The Bertz CT molecular complexity index is 353. The fourth-order valence-corrected chi connectivity index (χ4v) is 1.79. The van der Waals surface area contributed by atoms with Crippen LogP contribution in [0.4, 0.5) is 0 Å². The van der Waals surface area contributed by atoms with Crippen molar-refractivity contribution < 1.29 is 5.21 Å². The number of aromatic nitrogens is 1. The summed E-state index contributed by atoms with van der Waals surface area (Å²) in [6, 6.07) is 4.08. The third-order valence-corrected chi connectivity index (χ3v) is 2.89. The fourth-order valence-electron chi connectivity index (χ4n) is 1.79. The van der Waals surface area contributed by atoms with Gasteiger partial charge in [-0.1, -0.05) is 12.1 Å².